The maximum atomic E-state index is 13.1. The molecule has 6 nitrogen and oxygen atoms in total. The summed E-state index contributed by atoms with van der Waals surface area (Å²) in [5.74, 6) is -0.776. The van der Waals surface area contributed by atoms with E-state index in [0.29, 0.717) is 23.5 Å². The first-order valence-corrected chi connectivity index (χ1v) is 10.8. The first-order valence-electron chi connectivity index (χ1n) is 7.94. The minimum absolute atomic E-state index is 0.0829. The fourth-order valence-electron chi connectivity index (χ4n) is 2.33. The minimum Gasteiger partial charge on any atom is -0.308 e. The van der Waals surface area contributed by atoms with Gasteiger partial charge in [0.1, 0.15) is 5.82 Å². The Kier molecular flexibility index (Phi) is 6.98. The summed E-state index contributed by atoms with van der Waals surface area (Å²) >= 11 is 1.56. The third-order valence-corrected chi connectivity index (χ3v) is 5.63. The Morgan fingerprint density at radius 2 is 1.67 bits per heavy atom. The van der Waals surface area contributed by atoms with Gasteiger partial charge >= 0.3 is 0 Å². The molecule has 2 amide bonds. The van der Waals surface area contributed by atoms with Gasteiger partial charge in [-0.25, -0.2) is 17.5 Å². The van der Waals surface area contributed by atoms with Crippen molar-refractivity contribution in [1.82, 2.24) is 4.72 Å². The highest BCUT2D eigenvalue weighted by Crippen LogP contribution is 2.21. The number of hydrogen-bond donors (Lipinski definition) is 1. The number of nitrogens with one attached hydrogen (secondary N) is 1. The third-order valence-electron chi connectivity index (χ3n) is 3.59. The highest BCUT2D eigenvalue weighted by atomic mass is 32.2. The van der Waals surface area contributed by atoms with E-state index >= 15 is 0 Å². The van der Waals surface area contributed by atoms with Crippen molar-refractivity contribution in [2.75, 3.05) is 23.5 Å². The van der Waals surface area contributed by atoms with Gasteiger partial charge in [-0.15, -0.1) is 0 Å². The van der Waals surface area contributed by atoms with Crippen molar-refractivity contribution in [2.45, 2.75) is 11.8 Å². The van der Waals surface area contributed by atoms with E-state index < -0.39 is 21.7 Å². The molecule has 0 spiro atoms. The van der Waals surface area contributed by atoms with Crippen LogP contribution in [0.5, 0.6) is 0 Å². The predicted molar refractivity (Wildman–Crippen MR) is 104 cm³/mol. The first kappa shape index (κ1) is 20.9. The molecular weight excluding hydrogens is 391 g/mol. The lowest BCUT2D eigenvalue weighted by atomic mass is 10.1. The van der Waals surface area contributed by atoms with Gasteiger partial charge in [-0.2, -0.15) is 11.8 Å². The Morgan fingerprint density at radius 3 is 2.19 bits per heavy atom. The SMILES string of the molecule is CSCCN(C(=O)c1ccc(F)cc1)c1ccc(S(=O)(=O)NC(C)=O)cc1. The van der Waals surface area contributed by atoms with Crippen molar-refractivity contribution < 1.29 is 22.4 Å². The lowest BCUT2D eigenvalue weighted by Gasteiger charge is -2.23. The van der Waals surface area contributed by atoms with E-state index in [1.165, 1.54) is 53.4 Å². The molecule has 0 fully saturated rings. The molecule has 1 N–H and O–H groups in total. The van der Waals surface area contributed by atoms with Gasteiger partial charge in [-0.05, 0) is 54.8 Å². The number of carbonyl (C=O) groups excluding carboxylic acids is 2. The summed E-state index contributed by atoms with van der Waals surface area (Å²) < 4.78 is 39.1. The Bertz CT molecular complexity index is 913. The van der Waals surface area contributed by atoms with Crippen LogP contribution < -0.4 is 9.62 Å². The van der Waals surface area contributed by atoms with Crippen molar-refractivity contribution in [3.8, 4) is 0 Å². The van der Waals surface area contributed by atoms with Gasteiger partial charge in [0.2, 0.25) is 5.91 Å². The average Bonchev–Trinajstić information content (AvgIpc) is 2.62. The summed E-state index contributed by atoms with van der Waals surface area (Å²) in [6.07, 6.45) is 1.91. The number of anilines is 1. The van der Waals surface area contributed by atoms with Crippen molar-refractivity contribution in [3.63, 3.8) is 0 Å². The van der Waals surface area contributed by atoms with Crippen LogP contribution >= 0.6 is 11.8 Å². The average molecular weight is 410 g/mol. The minimum atomic E-state index is -3.94. The quantitative estimate of drug-likeness (QED) is 0.759. The number of thioether (sulfide) groups is 1. The molecule has 0 aromatic heterocycles. The number of benzene rings is 2. The van der Waals surface area contributed by atoms with Gasteiger partial charge in [0.15, 0.2) is 0 Å². The standard InChI is InChI=1S/C18H19FN2O4S2/c1-13(22)20-27(24,25)17-9-7-16(8-10-17)21(11-12-26-2)18(23)14-3-5-15(19)6-4-14/h3-10H,11-12H2,1-2H3,(H,20,22). The molecule has 0 atom stereocenters. The van der Waals surface area contributed by atoms with Crippen LogP contribution in [0.1, 0.15) is 17.3 Å². The smallest absolute Gasteiger partial charge is 0.264 e. The molecule has 0 heterocycles. The number of carbonyl (C=O) groups is 2. The number of sulfonamides is 1. The highest BCUT2D eigenvalue weighted by Gasteiger charge is 2.20. The zero-order valence-corrected chi connectivity index (χ0v) is 16.4. The fourth-order valence-corrected chi connectivity index (χ4v) is 3.69. The molecule has 0 aliphatic carbocycles. The van der Waals surface area contributed by atoms with Gasteiger partial charge in [-0.1, -0.05) is 0 Å². The maximum absolute atomic E-state index is 13.1. The molecule has 2 aromatic rings. The van der Waals surface area contributed by atoms with E-state index in [1.807, 2.05) is 11.0 Å². The number of nitrogens with zero attached hydrogens (tertiary/aromatic N) is 1. The number of rotatable bonds is 7. The molecule has 27 heavy (non-hydrogen) atoms. The maximum Gasteiger partial charge on any atom is 0.264 e. The van der Waals surface area contributed by atoms with E-state index in [9.17, 15) is 22.4 Å². The molecule has 0 unspecified atom stereocenters. The molecule has 0 bridgehead atoms. The van der Waals surface area contributed by atoms with Crippen LogP contribution in [-0.4, -0.2) is 38.8 Å². The second-order valence-corrected chi connectivity index (χ2v) is 8.28. The Hall–Kier alpha value is -2.39. The van der Waals surface area contributed by atoms with Crippen molar-refractivity contribution in [2.24, 2.45) is 0 Å². The summed E-state index contributed by atoms with van der Waals surface area (Å²) in [6.45, 7) is 1.51. The Morgan fingerprint density at radius 1 is 1.07 bits per heavy atom. The zero-order chi connectivity index (χ0) is 20.0. The summed E-state index contributed by atoms with van der Waals surface area (Å²) in [5.41, 5.74) is 0.826. The van der Waals surface area contributed by atoms with Crippen molar-refractivity contribution in [3.05, 3.63) is 59.9 Å². The van der Waals surface area contributed by atoms with E-state index in [2.05, 4.69) is 0 Å². The van der Waals surface area contributed by atoms with E-state index in [4.69, 9.17) is 0 Å². The summed E-state index contributed by atoms with van der Waals surface area (Å²) in [4.78, 5) is 25.2. The Labute approximate surface area is 161 Å². The normalized spacial score (nSPS) is 11.1. The van der Waals surface area contributed by atoms with Crippen LogP contribution in [0.25, 0.3) is 0 Å². The summed E-state index contributed by atoms with van der Waals surface area (Å²) in [5, 5.41) is 0. The van der Waals surface area contributed by atoms with E-state index in [0.717, 1.165) is 6.92 Å². The largest absolute Gasteiger partial charge is 0.308 e. The van der Waals surface area contributed by atoms with Gasteiger partial charge in [0.25, 0.3) is 15.9 Å². The first-order chi connectivity index (χ1) is 12.7. The van der Waals surface area contributed by atoms with Gasteiger partial charge in [-0.3, -0.25) is 9.59 Å². The lowest BCUT2D eigenvalue weighted by Crippen LogP contribution is -2.33. The van der Waals surface area contributed by atoms with Crippen molar-refractivity contribution >= 4 is 39.3 Å². The number of halogens is 1. The second kappa shape index (κ2) is 9.01. The Balaban J connectivity index is 2.32. The van der Waals surface area contributed by atoms with Crippen molar-refractivity contribution in [1.29, 1.82) is 0 Å². The topological polar surface area (TPSA) is 83.6 Å². The predicted octanol–water partition coefficient (Wildman–Crippen LogP) is 2.66. The molecule has 0 aliphatic rings. The summed E-state index contributed by atoms with van der Waals surface area (Å²) in [7, 11) is -3.94. The molecule has 0 saturated carbocycles. The van der Waals surface area contributed by atoms with Crippen LogP contribution in [0.2, 0.25) is 0 Å². The molecule has 0 aliphatic heterocycles. The van der Waals surface area contributed by atoms with Crippen LogP contribution in [-0.2, 0) is 14.8 Å². The van der Waals surface area contributed by atoms with Gasteiger partial charge in [0, 0.05) is 30.5 Å². The molecular formula is C18H19FN2O4S2. The van der Waals surface area contributed by atoms with Gasteiger partial charge in [0.05, 0.1) is 4.90 Å². The number of hydrogen-bond acceptors (Lipinski definition) is 5. The zero-order valence-electron chi connectivity index (χ0n) is 14.8. The number of amides is 2. The summed E-state index contributed by atoms with van der Waals surface area (Å²) in [6, 6.07) is 10.9. The van der Waals surface area contributed by atoms with Crippen LogP contribution in [0.15, 0.2) is 53.4 Å². The van der Waals surface area contributed by atoms with E-state index in [-0.39, 0.29) is 10.8 Å². The fraction of sp³-hybridized carbons (Fsp3) is 0.222. The molecule has 0 saturated heterocycles. The van der Waals surface area contributed by atoms with Crippen LogP contribution in [0.4, 0.5) is 10.1 Å². The molecule has 9 heteroatoms. The molecule has 0 radical (unpaired) electrons. The van der Waals surface area contributed by atoms with Gasteiger partial charge < -0.3 is 4.90 Å². The second-order valence-electron chi connectivity index (χ2n) is 5.61. The van der Waals surface area contributed by atoms with Crippen LogP contribution in [0.3, 0.4) is 0 Å². The van der Waals surface area contributed by atoms with Crippen LogP contribution in [0, 0.1) is 5.82 Å². The molecule has 2 aromatic carbocycles. The monoisotopic (exact) mass is 410 g/mol. The molecule has 2 rings (SSSR count). The van der Waals surface area contributed by atoms with E-state index in [1.54, 1.807) is 11.8 Å². The molecule has 144 valence electrons. The highest BCUT2D eigenvalue weighted by molar-refractivity contribution is 7.98. The lowest BCUT2D eigenvalue weighted by molar-refractivity contribution is -0.117. The third kappa shape index (κ3) is 5.54.